The summed E-state index contributed by atoms with van der Waals surface area (Å²) < 4.78 is 10.5. The molecule has 0 bridgehead atoms. The van der Waals surface area contributed by atoms with Crippen molar-refractivity contribution >= 4 is 47.2 Å². The summed E-state index contributed by atoms with van der Waals surface area (Å²) in [4.78, 5) is 15.4. The lowest BCUT2D eigenvalue weighted by Crippen LogP contribution is -2.30. The van der Waals surface area contributed by atoms with Gasteiger partial charge in [0.2, 0.25) is 5.91 Å². The van der Waals surface area contributed by atoms with Gasteiger partial charge in [-0.05, 0) is 29.8 Å². The Balaban J connectivity index is 0.00000364. The van der Waals surface area contributed by atoms with Gasteiger partial charge in [-0.15, -0.1) is 24.0 Å². The van der Waals surface area contributed by atoms with Crippen molar-refractivity contribution in [2.75, 3.05) is 31.9 Å². The van der Waals surface area contributed by atoms with Crippen LogP contribution in [0.15, 0.2) is 47.5 Å². The lowest BCUT2D eigenvalue weighted by molar-refractivity contribution is -0.114. The molecule has 27 heavy (non-hydrogen) atoms. The number of carbonyl (C=O) groups is 1. The Morgan fingerprint density at radius 1 is 1.00 bits per heavy atom. The van der Waals surface area contributed by atoms with Crippen molar-refractivity contribution in [1.82, 2.24) is 5.32 Å². The standard InChI is InChI=1S/C19H24N4O3.HI/c1-13(24)22-15-7-5-6-14(10-15)12-21-19(20-2)23-16-8-9-17(25-3)18(11-16)26-4;/h5-11H,12H2,1-4H3,(H,22,24)(H2,20,21,23);1H. The van der Waals surface area contributed by atoms with Crippen LogP contribution in [0.1, 0.15) is 12.5 Å². The minimum atomic E-state index is -0.0963. The maximum atomic E-state index is 11.2. The number of methoxy groups -OCH3 is 2. The second-order valence-corrected chi connectivity index (χ2v) is 5.50. The van der Waals surface area contributed by atoms with E-state index in [4.69, 9.17) is 9.47 Å². The van der Waals surface area contributed by atoms with E-state index in [0.717, 1.165) is 16.9 Å². The molecule has 0 spiro atoms. The van der Waals surface area contributed by atoms with E-state index >= 15 is 0 Å². The first-order valence-electron chi connectivity index (χ1n) is 8.12. The molecule has 0 aliphatic heterocycles. The second-order valence-electron chi connectivity index (χ2n) is 5.50. The first kappa shape index (κ1) is 22.6. The zero-order valence-corrected chi connectivity index (χ0v) is 18.2. The minimum Gasteiger partial charge on any atom is -0.493 e. The number of amides is 1. The molecule has 2 aromatic rings. The molecule has 0 saturated carbocycles. The third-order valence-corrected chi connectivity index (χ3v) is 3.58. The van der Waals surface area contributed by atoms with Crippen LogP contribution < -0.4 is 25.4 Å². The summed E-state index contributed by atoms with van der Waals surface area (Å²) in [7, 11) is 4.89. The summed E-state index contributed by atoms with van der Waals surface area (Å²) in [6, 6.07) is 13.2. The van der Waals surface area contributed by atoms with Crippen molar-refractivity contribution < 1.29 is 14.3 Å². The topological polar surface area (TPSA) is 84.0 Å². The quantitative estimate of drug-likeness (QED) is 0.332. The summed E-state index contributed by atoms with van der Waals surface area (Å²) in [6.45, 7) is 2.04. The lowest BCUT2D eigenvalue weighted by Gasteiger charge is -2.14. The summed E-state index contributed by atoms with van der Waals surface area (Å²) in [6.07, 6.45) is 0. The average Bonchev–Trinajstić information content (AvgIpc) is 2.64. The number of halogens is 1. The smallest absolute Gasteiger partial charge is 0.221 e. The van der Waals surface area contributed by atoms with Gasteiger partial charge in [0.25, 0.3) is 0 Å². The number of nitrogens with one attached hydrogen (secondary N) is 3. The molecule has 0 atom stereocenters. The van der Waals surface area contributed by atoms with Crippen LogP contribution in [-0.2, 0) is 11.3 Å². The molecule has 0 aromatic heterocycles. The van der Waals surface area contributed by atoms with Crippen LogP contribution >= 0.6 is 24.0 Å². The van der Waals surface area contributed by atoms with Gasteiger partial charge in [-0.1, -0.05) is 12.1 Å². The van der Waals surface area contributed by atoms with Gasteiger partial charge < -0.3 is 25.4 Å². The van der Waals surface area contributed by atoms with Crippen LogP contribution in [0.3, 0.4) is 0 Å². The highest BCUT2D eigenvalue weighted by atomic mass is 127. The molecular weight excluding hydrogens is 459 g/mol. The molecule has 0 aliphatic carbocycles. The molecule has 0 aliphatic rings. The number of aliphatic imine (C=N–C) groups is 1. The maximum absolute atomic E-state index is 11.2. The SMILES string of the molecule is CN=C(NCc1cccc(NC(C)=O)c1)Nc1ccc(OC)c(OC)c1.I. The molecule has 0 fully saturated rings. The monoisotopic (exact) mass is 484 g/mol. The summed E-state index contributed by atoms with van der Waals surface area (Å²) in [5.41, 5.74) is 2.61. The molecule has 146 valence electrons. The molecule has 3 N–H and O–H groups in total. The molecular formula is C19H25IN4O3. The highest BCUT2D eigenvalue weighted by molar-refractivity contribution is 14.0. The molecule has 2 rings (SSSR count). The second kappa shape index (κ2) is 11.3. The Bertz CT molecular complexity index is 796. The van der Waals surface area contributed by atoms with Crippen LogP contribution in [0.4, 0.5) is 11.4 Å². The highest BCUT2D eigenvalue weighted by Gasteiger charge is 2.06. The highest BCUT2D eigenvalue weighted by Crippen LogP contribution is 2.29. The van der Waals surface area contributed by atoms with E-state index in [0.29, 0.717) is 24.0 Å². The number of rotatable bonds is 6. The molecule has 7 nitrogen and oxygen atoms in total. The number of guanidine groups is 1. The maximum Gasteiger partial charge on any atom is 0.221 e. The molecule has 8 heteroatoms. The number of hydrogen-bond acceptors (Lipinski definition) is 4. The Morgan fingerprint density at radius 3 is 2.33 bits per heavy atom. The molecule has 0 radical (unpaired) electrons. The number of hydrogen-bond donors (Lipinski definition) is 3. The Labute approximate surface area is 176 Å². The van der Waals surface area contributed by atoms with Gasteiger partial charge in [-0.25, -0.2) is 0 Å². The van der Waals surface area contributed by atoms with Gasteiger partial charge >= 0.3 is 0 Å². The van der Waals surface area contributed by atoms with Crippen LogP contribution in [0.25, 0.3) is 0 Å². The van der Waals surface area contributed by atoms with Crippen molar-refractivity contribution in [3.05, 3.63) is 48.0 Å². The largest absolute Gasteiger partial charge is 0.493 e. The van der Waals surface area contributed by atoms with Gasteiger partial charge in [-0.3, -0.25) is 9.79 Å². The van der Waals surface area contributed by atoms with Crippen molar-refractivity contribution in [3.8, 4) is 11.5 Å². The van der Waals surface area contributed by atoms with Gasteiger partial charge in [0.15, 0.2) is 17.5 Å². The van der Waals surface area contributed by atoms with E-state index < -0.39 is 0 Å². The predicted octanol–water partition coefficient (Wildman–Crippen LogP) is 3.47. The number of nitrogens with zero attached hydrogens (tertiary/aromatic N) is 1. The Kier molecular flexibility index (Phi) is 9.41. The van der Waals surface area contributed by atoms with Gasteiger partial charge in [-0.2, -0.15) is 0 Å². The van der Waals surface area contributed by atoms with Crippen LogP contribution in [0.5, 0.6) is 11.5 Å². The zero-order chi connectivity index (χ0) is 18.9. The average molecular weight is 484 g/mol. The van der Waals surface area contributed by atoms with Gasteiger partial charge in [0, 0.05) is 38.0 Å². The van der Waals surface area contributed by atoms with Crippen LogP contribution in [0, 0.1) is 0 Å². The lowest BCUT2D eigenvalue weighted by atomic mass is 10.2. The molecule has 0 unspecified atom stereocenters. The first-order chi connectivity index (χ1) is 12.5. The van der Waals surface area contributed by atoms with E-state index in [1.54, 1.807) is 21.3 Å². The van der Waals surface area contributed by atoms with E-state index in [9.17, 15) is 4.79 Å². The van der Waals surface area contributed by atoms with E-state index in [2.05, 4.69) is 20.9 Å². The van der Waals surface area contributed by atoms with Crippen molar-refractivity contribution in [1.29, 1.82) is 0 Å². The van der Waals surface area contributed by atoms with E-state index in [-0.39, 0.29) is 29.9 Å². The predicted molar refractivity (Wildman–Crippen MR) is 120 cm³/mol. The summed E-state index contributed by atoms with van der Waals surface area (Å²) >= 11 is 0. The number of carbonyl (C=O) groups excluding carboxylic acids is 1. The molecule has 1 amide bonds. The van der Waals surface area contributed by atoms with Crippen molar-refractivity contribution in [2.24, 2.45) is 4.99 Å². The Hall–Kier alpha value is -2.49. The molecule has 0 saturated heterocycles. The van der Waals surface area contributed by atoms with Gasteiger partial charge in [0.05, 0.1) is 14.2 Å². The summed E-state index contributed by atoms with van der Waals surface area (Å²) in [5, 5.41) is 9.21. The third-order valence-electron chi connectivity index (χ3n) is 3.58. The molecule has 0 heterocycles. The Morgan fingerprint density at radius 2 is 1.70 bits per heavy atom. The van der Waals surface area contributed by atoms with E-state index in [1.165, 1.54) is 6.92 Å². The summed E-state index contributed by atoms with van der Waals surface area (Å²) in [5.74, 6) is 1.81. The third kappa shape index (κ3) is 6.97. The van der Waals surface area contributed by atoms with Gasteiger partial charge in [0.1, 0.15) is 0 Å². The fourth-order valence-electron chi connectivity index (χ4n) is 2.38. The number of benzene rings is 2. The van der Waals surface area contributed by atoms with Crippen LogP contribution in [-0.4, -0.2) is 33.1 Å². The first-order valence-corrected chi connectivity index (χ1v) is 8.12. The van der Waals surface area contributed by atoms with Crippen LogP contribution in [0.2, 0.25) is 0 Å². The molecule has 2 aromatic carbocycles. The fraction of sp³-hybridized carbons (Fsp3) is 0.263. The van der Waals surface area contributed by atoms with E-state index in [1.807, 2.05) is 42.5 Å². The van der Waals surface area contributed by atoms with Crippen molar-refractivity contribution in [2.45, 2.75) is 13.5 Å². The van der Waals surface area contributed by atoms with Crippen molar-refractivity contribution in [3.63, 3.8) is 0 Å². The number of anilines is 2. The number of ether oxygens (including phenoxy) is 2. The zero-order valence-electron chi connectivity index (χ0n) is 15.8. The minimum absolute atomic E-state index is 0. The fourth-order valence-corrected chi connectivity index (χ4v) is 2.38. The normalized spacial score (nSPS) is 10.4.